The van der Waals surface area contributed by atoms with Crippen molar-refractivity contribution >= 4 is 5.91 Å². The number of nitrogens with one attached hydrogen (secondary N) is 1. The molecule has 1 unspecified atom stereocenters. The van der Waals surface area contributed by atoms with Crippen molar-refractivity contribution in [1.82, 2.24) is 10.2 Å². The zero-order chi connectivity index (χ0) is 16.8. The van der Waals surface area contributed by atoms with E-state index < -0.39 is 0 Å². The van der Waals surface area contributed by atoms with Gasteiger partial charge in [-0.2, -0.15) is 0 Å². The van der Waals surface area contributed by atoms with Crippen LogP contribution in [0.4, 0.5) is 4.39 Å². The summed E-state index contributed by atoms with van der Waals surface area (Å²) in [5.41, 5.74) is 0.494. The van der Waals surface area contributed by atoms with Crippen LogP contribution in [-0.4, -0.2) is 37.6 Å². The predicted octanol–water partition coefficient (Wildman–Crippen LogP) is 2.96. The van der Waals surface area contributed by atoms with Crippen molar-refractivity contribution in [2.24, 2.45) is 5.92 Å². The Morgan fingerprint density at radius 3 is 2.83 bits per heavy atom. The Bertz CT molecular complexity index is 532. The molecule has 23 heavy (non-hydrogen) atoms. The number of likely N-dealkylation sites (N-methyl/N-ethyl adjacent to an activating group) is 1. The smallest absolute Gasteiger partial charge is 0.237 e. The van der Waals surface area contributed by atoms with Crippen LogP contribution >= 0.6 is 0 Å². The summed E-state index contributed by atoms with van der Waals surface area (Å²) in [5, 5.41) is 3.03. The molecule has 1 aliphatic carbocycles. The molecule has 1 atom stereocenters. The molecule has 0 saturated heterocycles. The lowest BCUT2D eigenvalue weighted by molar-refractivity contribution is -0.126. The number of carbonyl (C=O) groups is 1. The van der Waals surface area contributed by atoms with Gasteiger partial charge in [-0.3, -0.25) is 9.69 Å². The second kappa shape index (κ2) is 8.29. The van der Waals surface area contributed by atoms with E-state index in [0.29, 0.717) is 23.8 Å². The van der Waals surface area contributed by atoms with Crippen molar-refractivity contribution in [2.45, 2.75) is 45.2 Å². The summed E-state index contributed by atoms with van der Waals surface area (Å²) < 4.78 is 19.4. The standard InChI is InChI=1S/C18H27FN2O2/c1-4-6-16(18(22)20-11-13-9-10-13)21(2)12-14-15(19)7-5-8-17(14)23-3/h5,7-8,13,16H,4,6,9-12H2,1-3H3,(H,20,22). The first-order chi connectivity index (χ1) is 11.1. The van der Waals surface area contributed by atoms with Crippen LogP contribution in [0.1, 0.15) is 38.2 Å². The Kier molecular flexibility index (Phi) is 6.39. The SMILES string of the molecule is CCCC(C(=O)NCC1CC1)N(C)Cc1c(F)cccc1OC. The highest BCUT2D eigenvalue weighted by atomic mass is 19.1. The molecule has 0 spiro atoms. The van der Waals surface area contributed by atoms with Gasteiger partial charge in [-0.1, -0.05) is 19.4 Å². The lowest BCUT2D eigenvalue weighted by Gasteiger charge is -2.27. The fourth-order valence-electron chi connectivity index (χ4n) is 2.75. The third-order valence-corrected chi connectivity index (χ3v) is 4.36. The second-order valence-electron chi connectivity index (χ2n) is 6.33. The second-order valence-corrected chi connectivity index (χ2v) is 6.33. The molecule has 128 valence electrons. The Morgan fingerprint density at radius 2 is 2.22 bits per heavy atom. The van der Waals surface area contributed by atoms with Crippen molar-refractivity contribution in [3.8, 4) is 5.75 Å². The van der Waals surface area contributed by atoms with Crippen LogP contribution in [0.15, 0.2) is 18.2 Å². The predicted molar refractivity (Wildman–Crippen MR) is 88.8 cm³/mol. The van der Waals surface area contributed by atoms with Crippen molar-refractivity contribution in [3.63, 3.8) is 0 Å². The molecule has 4 nitrogen and oxygen atoms in total. The highest BCUT2D eigenvalue weighted by molar-refractivity contribution is 5.81. The summed E-state index contributed by atoms with van der Waals surface area (Å²) in [6.07, 6.45) is 4.08. The van der Waals surface area contributed by atoms with E-state index in [1.165, 1.54) is 26.0 Å². The van der Waals surface area contributed by atoms with Crippen molar-refractivity contribution < 1.29 is 13.9 Å². The number of ether oxygens (including phenoxy) is 1. The van der Waals surface area contributed by atoms with Crippen LogP contribution in [0, 0.1) is 11.7 Å². The van der Waals surface area contributed by atoms with Gasteiger partial charge in [-0.15, -0.1) is 0 Å². The molecule has 1 N–H and O–H groups in total. The molecular formula is C18H27FN2O2. The van der Waals surface area contributed by atoms with E-state index in [2.05, 4.69) is 12.2 Å². The maximum absolute atomic E-state index is 14.1. The topological polar surface area (TPSA) is 41.6 Å². The van der Waals surface area contributed by atoms with Gasteiger partial charge in [0.05, 0.1) is 13.2 Å². The van der Waals surface area contributed by atoms with Gasteiger partial charge in [-0.05, 0) is 44.4 Å². The highest BCUT2D eigenvalue weighted by Crippen LogP contribution is 2.28. The lowest BCUT2D eigenvalue weighted by Crippen LogP contribution is -2.45. The van der Waals surface area contributed by atoms with Gasteiger partial charge in [-0.25, -0.2) is 4.39 Å². The number of benzene rings is 1. The molecule has 1 amide bonds. The van der Waals surface area contributed by atoms with Crippen molar-refractivity contribution in [1.29, 1.82) is 0 Å². The number of carbonyl (C=O) groups excluding carboxylic acids is 1. The van der Waals surface area contributed by atoms with Crippen LogP contribution in [-0.2, 0) is 11.3 Å². The lowest BCUT2D eigenvalue weighted by atomic mass is 10.1. The number of halogens is 1. The molecule has 1 saturated carbocycles. The van der Waals surface area contributed by atoms with Crippen LogP contribution in [0.3, 0.4) is 0 Å². The van der Waals surface area contributed by atoms with Gasteiger partial charge in [0.25, 0.3) is 0 Å². The van der Waals surface area contributed by atoms with Crippen LogP contribution in [0.25, 0.3) is 0 Å². The van der Waals surface area contributed by atoms with Gasteiger partial charge in [0, 0.05) is 18.7 Å². The summed E-state index contributed by atoms with van der Waals surface area (Å²) in [4.78, 5) is 14.4. The zero-order valence-corrected chi connectivity index (χ0v) is 14.3. The fourth-order valence-corrected chi connectivity index (χ4v) is 2.75. The molecule has 0 aliphatic heterocycles. The fraction of sp³-hybridized carbons (Fsp3) is 0.611. The van der Waals surface area contributed by atoms with E-state index in [9.17, 15) is 9.18 Å². The van der Waals surface area contributed by atoms with Crippen molar-refractivity contribution in [3.05, 3.63) is 29.6 Å². The maximum Gasteiger partial charge on any atom is 0.237 e. The highest BCUT2D eigenvalue weighted by Gasteiger charge is 2.27. The average Bonchev–Trinajstić information content (AvgIpc) is 3.36. The van der Waals surface area contributed by atoms with E-state index in [4.69, 9.17) is 4.74 Å². The van der Waals surface area contributed by atoms with E-state index in [1.54, 1.807) is 12.1 Å². The van der Waals surface area contributed by atoms with Gasteiger partial charge in [0.15, 0.2) is 0 Å². The largest absolute Gasteiger partial charge is 0.496 e. The Morgan fingerprint density at radius 1 is 1.48 bits per heavy atom. The van der Waals surface area contributed by atoms with Gasteiger partial charge < -0.3 is 10.1 Å². The number of hydrogen-bond donors (Lipinski definition) is 1. The molecule has 5 heteroatoms. The molecule has 1 aliphatic rings. The molecule has 0 radical (unpaired) electrons. The maximum atomic E-state index is 14.1. The summed E-state index contributed by atoms with van der Waals surface area (Å²) in [6, 6.07) is 4.55. The number of nitrogens with zero attached hydrogens (tertiary/aromatic N) is 1. The van der Waals surface area contributed by atoms with Gasteiger partial charge in [0.1, 0.15) is 11.6 Å². The van der Waals surface area contributed by atoms with E-state index >= 15 is 0 Å². The third-order valence-electron chi connectivity index (χ3n) is 4.36. The minimum atomic E-state index is -0.301. The average molecular weight is 322 g/mol. The quantitative estimate of drug-likeness (QED) is 0.760. The minimum absolute atomic E-state index is 0.0385. The summed E-state index contributed by atoms with van der Waals surface area (Å²) in [6.45, 7) is 3.16. The molecular weight excluding hydrogens is 295 g/mol. The van der Waals surface area contributed by atoms with Crippen molar-refractivity contribution in [2.75, 3.05) is 20.7 Å². The van der Waals surface area contributed by atoms with Gasteiger partial charge in [0.2, 0.25) is 5.91 Å². The summed E-state index contributed by atoms with van der Waals surface area (Å²) >= 11 is 0. The number of amides is 1. The van der Waals surface area contributed by atoms with E-state index in [1.807, 2.05) is 11.9 Å². The first-order valence-corrected chi connectivity index (χ1v) is 8.36. The number of methoxy groups -OCH3 is 1. The summed E-state index contributed by atoms with van der Waals surface area (Å²) in [5.74, 6) is 0.907. The summed E-state index contributed by atoms with van der Waals surface area (Å²) in [7, 11) is 3.40. The minimum Gasteiger partial charge on any atom is -0.496 e. The molecule has 0 aromatic heterocycles. The number of rotatable bonds is 9. The Balaban J connectivity index is 2.04. The Labute approximate surface area is 138 Å². The third kappa shape index (κ3) is 4.93. The zero-order valence-electron chi connectivity index (χ0n) is 14.3. The van der Waals surface area contributed by atoms with Crippen LogP contribution in [0.5, 0.6) is 5.75 Å². The van der Waals surface area contributed by atoms with E-state index in [0.717, 1.165) is 19.4 Å². The molecule has 0 bridgehead atoms. The molecule has 1 aromatic rings. The number of hydrogen-bond acceptors (Lipinski definition) is 3. The Hall–Kier alpha value is -1.62. The molecule has 0 heterocycles. The normalized spacial score (nSPS) is 15.5. The first kappa shape index (κ1) is 17.7. The molecule has 1 aromatic carbocycles. The molecule has 1 fully saturated rings. The molecule has 2 rings (SSSR count). The van der Waals surface area contributed by atoms with E-state index in [-0.39, 0.29) is 17.8 Å². The van der Waals surface area contributed by atoms with Gasteiger partial charge >= 0.3 is 0 Å². The first-order valence-electron chi connectivity index (χ1n) is 8.36. The monoisotopic (exact) mass is 322 g/mol. The van der Waals surface area contributed by atoms with Crippen LogP contribution in [0.2, 0.25) is 0 Å². The van der Waals surface area contributed by atoms with Crippen LogP contribution < -0.4 is 10.1 Å².